The van der Waals surface area contributed by atoms with Gasteiger partial charge in [0.25, 0.3) is 15.9 Å². The number of nitrogens with one attached hydrogen (secondary N) is 1. The zero-order chi connectivity index (χ0) is 23.6. The third-order valence-corrected chi connectivity index (χ3v) is 6.69. The van der Waals surface area contributed by atoms with Crippen molar-refractivity contribution >= 4 is 21.6 Å². The minimum atomic E-state index is -3.99. The average Bonchev–Trinajstić information content (AvgIpc) is 3.17. The molecular weight excluding hydrogens is 434 g/mol. The molecule has 0 aliphatic carbocycles. The number of carbonyl (C=O) groups excluding carboxylic acids is 1. The lowest BCUT2D eigenvalue weighted by molar-refractivity contribution is 0.0366. The van der Waals surface area contributed by atoms with Crippen LogP contribution >= 0.6 is 0 Å². The number of anilines is 1. The highest BCUT2D eigenvalue weighted by molar-refractivity contribution is 7.92. The second-order valence-corrected chi connectivity index (χ2v) is 10.2. The highest BCUT2D eigenvalue weighted by Gasteiger charge is 2.34. The fourth-order valence-corrected chi connectivity index (χ4v) is 4.67. The van der Waals surface area contributed by atoms with Gasteiger partial charge in [0.1, 0.15) is 6.10 Å². The highest BCUT2D eigenvalue weighted by Crippen LogP contribution is 2.35. The van der Waals surface area contributed by atoms with Crippen molar-refractivity contribution in [2.24, 2.45) is 13.0 Å². The fourth-order valence-electron chi connectivity index (χ4n) is 3.63. The van der Waals surface area contributed by atoms with E-state index in [4.69, 9.17) is 4.74 Å². The van der Waals surface area contributed by atoms with E-state index >= 15 is 0 Å². The lowest BCUT2D eigenvalue weighted by Gasteiger charge is -2.38. The number of sulfonamides is 1. The largest absolute Gasteiger partial charge is 0.486 e. The molecule has 2 aromatic rings. The first-order valence-electron chi connectivity index (χ1n) is 10.4. The van der Waals surface area contributed by atoms with E-state index in [0.29, 0.717) is 13.1 Å². The van der Waals surface area contributed by atoms with Gasteiger partial charge in [-0.25, -0.2) is 4.98 Å². The Labute approximate surface area is 188 Å². The van der Waals surface area contributed by atoms with Crippen LogP contribution in [0, 0.1) is 5.92 Å². The number of aryl methyl sites for hydroxylation is 1. The van der Waals surface area contributed by atoms with Gasteiger partial charge in [-0.1, -0.05) is 13.0 Å². The summed E-state index contributed by atoms with van der Waals surface area (Å²) in [5, 5.41) is 9.58. The Hall–Kier alpha value is -2.63. The number of imidazole rings is 1. The standard InChI is InChI=1S/C21H31N5O5S/c1-14-9-26(15(2)12-27)21(28)16-7-6-8-17(20(16)31-18(14)10-24(3)4)23-32(29,30)19-11-25(5)13-22-19/h6-8,11,13-15,18,23,27H,9-10,12H2,1-5H3/t14-,15+,18-/m0/s1. The van der Waals surface area contributed by atoms with Crippen molar-refractivity contribution in [2.75, 3.05) is 38.5 Å². The van der Waals surface area contributed by atoms with Crippen molar-refractivity contribution in [1.29, 1.82) is 0 Å². The van der Waals surface area contributed by atoms with Crippen LogP contribution in [0.3, 0.4) is 0 Å². The number of likely N-dealkylation sites (N-methyl/N-ethyl adjacent to an activating group) is 1. The third-order valence-electron chi connectivity index (χ3n) is 5.44. The van der Waals surface area contributed by atoms with Gasteiger partial charge >= 0.3 is 0 Å². The van der Waals surface area contributed by atoms with Gasteiger partial charge < -0.3 is 24.2 Å². The molecule has 0 spiro atoms. The van der Waals surface area contributed by atoms with Crippen molar-refractivity contribution in [2.45, 2.75) is 31.0 Å². The molecule has 0 fully saturated rings. The summed E-state index contributed by atoms with van der Waals surface area (Å²) in [7, 11) is 1.53. The lowest BCUT2D eigenvalue weighted by Crippen LogP contribution is -2.49. The Kier molecular flexibility index (Phi) is 7.11. The number of aromatic nitrogens is 2. The van der Waals surface area contributed by atoms with E-state index in [2.05, 4.69) is 9.71 Å². The second kappa shape index (κ2) is 9.47. The Morgan fingerprint density at radius 2 is 2.09 bits per heavy atom. The molecule has 1 aromatic carbocycles. The van der Waals surface area contributed by atoms with Gasteiger partial charge in [0, 0.05) is 32.3 Å². The predicted molar refractivity (Wildman–Crippen MR) is 120 cm³/mol. The van der Waals surface area contributed by atoms with Gasteiger partial charge in [0.15, 0.2) is 10.8 Å². The predicted octanol–water partition coefficient (Wildman–Crippen LogP) is 1.00. The van der Waals surface area contributed by atoms with Gasteiger partial charge in [-0.05, 0) is 33.2 Å². The molecule has 3 rings (SSSR count). The topological polar surface area (TPSA) is 117 Å². The zero-order valence-electron chi connectivity index (χ0n) is 19.0. The molecule has 2 heterocycles. The maximum atomic E-state index is 13.4. The van der Waals surface area contributed by atoms with Crippen molar-refractivity contribution in [3.05, 3.63) is 36.3 Å². The van der Waals surface area contributed by atoms with E-state index < -0.39 is 16.1 Å². The first kappa shape index (κ1) is 24.0. The molecule has 1 aliphatic rings. The molecule has 1 aromatic heterocycles. The van der Waals surface area contributed by atoms with Crippen LogP contribution in [0.4, 0.5) is 5.69 Å². The summed E-state index contributed by atoms with van der Waals surface area (Å²) in [6, 6.07) is 4.37. The average molecular weight is 466 g/mol. The van der Waals surface area contributed by atoms with Crippen LogP contribution < -0.4 is 9.46 Å². The Bertz CT molecular complexity index is 1070. The molecule has 0 unspecified atom stereocenters. The summed E-state index contributed by atoms with van der Waals surface area (Å²) in [5.74, 6) is -0.218. The minimum Gasteiger partial charge on any atom is -0.486 e. The molecule has 0 saturated carbocycles. The number of rotatable bonds is 7. The number of hydrogen-bond acceptors (Lipinski definition) is 7. The number of aliphatic hydroxyl groups excluding tert-OH is 1. The van der Waals surface area contributed by atoms with Crippen molar-refractivity contribution < 1.29 is 23.1 Å². The molecule has 0 radical (unpaired) electrons. The molecule has 11 heteroatoms. The first-order chi connectivity index (χ1) is 15.0. The van der Waals surface area contributed by atoms with Crippen LogP contribution in [-0.2, 0) is 17.1 Å². The molecule has 10 nitrogen and oxygen atoms in total. The monoisotopic (exact) mass is 465 g/mol. The molecular formula is C21H31N5O5S. The smallest absolute Gasteiger partial charge is 0.281 e. The summed E-state index contributed by atoms with van der Waals surface area (Å²) in [4.78, 5) is 20.9. The summed E-state index contributed by atoms with van der Waals surface area (Å²) in [5.41, 5.74) is 0.401. The summed E-state index contributed by atoms with van der Waals surface area (Å²) >= 11 is 0. The Morgan fingerprint density at radius 3 is 2.69 bits per heavy atom. The van der Waals surface area contributed by atoms with Gasteiger partial charge in [-0.15, -0.1) is 0 Å². The van der Waals surface area contributed by atoms with E-state index in [9.17, 15) is 18.3 Å². The second-order valence-electron chi connectivity index (χ2n) is 8.55. The number of ether oxygens (including phenoxy) is 1. The van der Waals surface area contributed by atoms with Crippen LogP contribution in [-0.4, -0.2) is 84.7 Å². The molecule has 0 saturated heterocycles. The fraction of sp³-hybridized carbons (Fsp3) is 0.524. The van der Waals surface area contributed by atoms with Crippen LogP contribution in [0.2, 0.25) is 0 Å². The number of carbonyl (C=O) groups is 1. The van der Waals surface area contributed by atoms with E-state index in [1.54, 1.807) is 37.1 Å². The van der Waals surface area contributed by atoms with E-state index in [0.717, 1.165) is 0 Å². The maximum absolute atomic E-state index is 13.4. The number of para-hydroxylation sites is 1. The number of hydrogen-bond donors (Lipinski definition) is 2. The number of nitrogens with zero attached hydrogens (tertiary/aromatic N) is 4. The zero-order valence-corrected chi connectivity index (χ0v) is 19.8. The van der Waals surface area contributed by atoms with Crippen LogP contribution in [0.15, 0.2) is 35.7 Å². The van der Waals surface area contributed by atoms with E-state index in [1.807, 2.05) is 25.9 Å². The molecule has 0 bridgehead atoms. The van der Waals surface area contributed by atoms with Crippen LogP contribution in [0.25, 0.3) is 0 Å². The normalized spacial score (nSPS) is 20.3. The van der Waals surface area contributed by atoms with Gasteiger partial charge in [-0.3, -0.25) is 9.52 Å². The molecule has 3 atom stereocenters. The Morgan fingerprint density at radius 1 is 1.38 bits per heavy atom. The number of benzene rings is 1. The summed E-state index contributed by atoms with van der Waals surface area (Å²) < 4.78 is 36.2. The van der Waals surface area contributed by atoms with E-state index in [1.165, 1.54) is 17.1 Å². The van der Waals surface area contributed by atoms with Crippen LogP contribution in [0.5, 0.6) is 5.75 Å². The third kappa shape index (κ3) is 5.05. The van der Waals surface area contributed by atoms with Crippen molar-refractivity contribution in [3.63, 3.8) is 0 Å². The quantitative estimate of drug-likeness (QED) is 0.627. The number of amides is 1. The highest BCUT2D eigenvalue weighted by atomic mass is 32.2. The first-order valence-corrected chi connectivity index (χ1v) is 11.9. The number of aliphatic hydroxyl groups is 1. The minimum absolute atomic E-state index is 0.0658. The molecule has 1 aliphatic heterocycles. The van der Waals surface area contributed by atoms with Crippen LogP contribution in [0.1, 0.15) is 24.2 Å². The SMILES string of the molecule is C[C@H](CO)N1C[C@H](C)[C@H](CN(C)C)Oc2c(NS(=O)(=O)c3cn(C)cn3)cccc2C1=O. The molecule has 176 valence electrons. The van der Waals surface area contributed by atoms with Crippen molar-refractivity contribution in [1.82, 2.24) is 19.4 Å². The number of fused-ring (bicyclic) bond motifs is 1. The summed E-state index contributed by atoms with van der Waals surface area (Å²) in [6.45, 7) is 4.55. The molecule has 1 amide bonds. The van der Waals surface area contributed by atoms with Crippen molar-refractivity contribution in [3.8, 4) is 5.75 Å². The van der Waals surface area contributed by atoms with E-state index in [-0.39, 0.29) is 46.6 Å². The molecule has 2 N–H and O–H groups in total. The lowest BCUT2D eigenvalue weighted by atomic mass is 9.99. The summed E-state index contributed by atoms with van der Waals surface area (Å²) in [6.07, 6.45) is 2.47. The molecule has 32 heavy (non-hydrogen) atoms. The van der Waals surface area contributed by atoms with Gasteiger partial charge in [0.05, 0.1) is 30.2 Å². The Balaban J connectivity index is 2.09. The maximum Gasteiger partial charge on any atom is 0.281 e. The van der Waals surface area contributed by atoms with Gasteiger partial charge in [0.2, 0.25) is 0 Å². The van der Waals surface area contributed by atoms with Gasteiger partial charge in [-0.2, -0.15) is 8.42 Å².